The molecule has 1 aromatic heterocycles. The van der Waals surface area contributed by atoms with Crippen molar-refractivity contribution in [2.45, 2.75) is 38.9 Å². The Labute approximate surface area is 175 Å². The van der Waals surface area contributed by atoms with Gasteiger partial charge in [0, 0.05) is 23.2 Å². The van der Waals surface area contributed by atoms with Crippen LogP contribution in [-0.2, 0) is 17.8 Å². The number of hydrogen-bond donors (Lipinski definition) is 1. The van der Waals surface area contributed by atoms with Crippen molar-refractivity contribution in [1.82, 2.24) is 9.55 Å². The summed E-state index contributed by atoms with van der Waals surface area (Å²) < 4.78 is 1.44. The average Bonchev–Trinajstić information content (AvgIpc) is 2.68. The molecule has 1 amide bonds. The van der Waals surface area contributed by atoms with Gasteiger partial charge in [-0.1, -0.05) is 48.2 Å². The molecule has 0 atom stereocenters. The Kier molecular flexibility index (Phi) is 6.88. The summed E-state index contributed by atoms with van der Waals surface area (Å²) in [5, 5.41) is 3.44. The topological polar surface area (TPSA) is 64.0 Å². The molecular weight excluding hydrogens is 382 g/mol. The fourth-order valence-electron chi connectivity index (χ4n) is 2.92. The number of carbonyl (C=O) groups is 1. The van der Waals surface area contributed by atoms with Crippen LogP contribution in [0.4, 0.5) is 5.69 Å². The van der Waals surface area contributed by atoms with Crippen molar-refractivity contribution in [1.29, 1.82) is 0 Å². The zero-order chi connectivity index (χ0) is 20.8. The number of amides is 1. The van der Waals surface area contributed by atoms with Crippen LogP contribution in [0.5, 0.6) is 0 Å². The Hall–Kier alpha value is -2.86. The van der Waals surface area contributed by atoms with Crippen LogP contribution in [0, 0.1) is 20.8 Å². The summed E-state index contributed by atoms with van der Waals surface area (Å²) in [5.41, 5.74) is 4.67. The molecule has 1 heterocycles. The van der Waals surface area contributed by atoms with Crippen LogP contribution in [0.3, 0.4) is 0 Å². The zero-order valence-electron chi connectivity index (χ0n) is 16.9. The van der Waals surface area contributed by atoms with Crippen molar-refractivity contribution in [3.8, 4) is 0 Å². The predicted molar refractivity (Wildman–Crippen MR) is 119 cm³/mol. The van der Waals surface area contributed by atoms with Gasteiger partial charge in [0.2, 0.25) is 5.91 Å². The highest BCUT2D eigenvalue weighted by molar-refractivity contribution is 7.99. The first-order valence-corrected chi connectivity index (χ1v) is 10.5. The van der Waals surface area contributed by atoms with E-state index in [2.05, 4.69) is 22.4 Å². The second-order valence-electron chi connectivity index (χ2n) is 7.04. The molecule has 0 fully saturated rings. The van der Waals surface area contributed by atoms with E-state index in [1.807, 2.05) is 50.2 Å². The number of nitrogens with one attached hydrogen (secondary N) is 1. The summed E-state index contributed by atoms with van der Waals surface area (Å²) in [7, 11) is 0. The lowest BCUT2D eigenvalue weighted by Gasteiger charge is -2.13. The molecule has 0 spiro atoms. The molecule has 0 radical (unpaired) electrons. The van der Waals surface area contributed by atoms with Crippen molar-refractivity contribution in [3.63, 3.8) is 0 Å². The number of anilines is 1. The van der Waals surface area contributed by atoms with Crippen LogP contribution in [0.25, 0.3) is 0 Å². The molecule has 2 aromatic carbocycles. The molecule has 3 aromatic rings. The van der Waals surface area contributed by atoms with Crippen LogP contribution in [0.1, 0.15) is 22.4 Å². The summed E-state index contributed by atoms with van der Waals surface area (Å²) in [4.78, 5) is 29.6. The van der Waals surface area contributed by atoms with E-state index in [4.69, 9.17) is 0 Å². The van der Waals surface area contributed by atoms with Crippen molar-refractivity contribution < 1.29 is 4.79 Å². The number of hydrogen-bond acceptors (Lipinski definition) is 4. The molecule has 0 unspecified atom stereocenters. The first-order chi connectivity index (χ1) is 13.9. The van der Waals surface area contributed by atoms with E-state index in [0.717, 1.165) is 23.4 Å². The van der Waals surface area contributed by atoms with Crippen LogP contribution < -0.4 is 10.9 Å². The minimum absolute atomic E-state index is 0.0628. The Morgan fingerprint density at radius 3 is 2.52 bits per heavy atom. The van der Waals surface area contributed by atoms with Crippen LogP contribution in [-0.4, -0.2) is 21.2 Å². The van der Waals surface area contributed by atoms with Gasteiger partial charge >= 0.3 is 0 Å². The van der Waals surface area contributed by atoms with Gasteiger partial charge in [0.15, 0.2) is 5.16 Å². The van der Waals surface area contributed by atoms with Gasteiger partial charge in [-0.3, -0.25) is 14.2 Å². The minimum Gasteiger partial charge on any atom is -0.325 e. The third-order valence-corrected chi connectivity index (χ3v) is 5.64. The predicted octanol–water partition coefficient (Wildman–Crippen LogP) is 4.14. The van der Waals surface area contributed by atoms with E-state index in [9.17, 15) is 9.59 Å². The van der Waals surface area contributed by atoms with Gasteiger partial charge in [0.05, 0.1) is 0 Å². The molecular formula is C23H25N3O2S. The first kappa shape index (κ1) is 20.9. The highest BCUT2D eigenvalue weighted by Crippen LogP contribution is 2.17. The number of thioether (sulfide) groups is 1. The maximum atomic E-state index is 12.6. The molecule has 1 N–H and O–H groups in total. The summed E-state index contributed by atoms with van der Waals surface area (Å²) in [6.45, 7) is 5.76. The van der Waals surface area contributed by atoms with Gasteiger partial charge in [0.1, 0.15) is 6.54 Å². The lowest BCUT2D eigenvalue weighted by Crippen LogP contribution is -2.29. The monoisotopic (exact) mass is 407 g/mol. The molecule has 150 valence electrons. The second-order valence-corrected chi connectivity index (χ2v) is 8.10. The van der Waals surface area contributed by atoms with Crippen molar-refractivity contribution >= 4 is 23.4 Å². The SMILES string of the molecule is Cc1cc(=O)n(CC(=O)Nc2ccc(C)c(C)c2)c(SCCc2ccccc2)n1. The van der Waals surface area contributed by atoms with Gasteiger partial charge in [-0.25, -0.2) is 4.98 Å². The van der Waals surface area contributed by atoms with Crippen molar-refractivity contribution in [3.05, 3.63) is 87.3 Å². The number of nitrogens with zero attached hydrogens (tertiary/aromatic N) is 2. The molecule has 3 rings (SSSR count). The van der Waals surface area contributed by atoms with E-state index in [1.165, 1.54) is 33.5 Å². The van der Waals surface area contributed by atoms with Gasteiger partial charge in [0.25, 0.3) is 5.56 Å². The Balaban J connectivity index is 1.71. The van der Waals surface area contributed by atoms with Crippen molar-refractivity contribution in [2.75, 3.05) is 11.1 Å². The smallest absolute Gasteiger partial charge is 0.254 e. The van der Waals surface area contributed by atoms with E-state index in [0.29, 0.717) is 10.9 Å². The van der Waals surface area contributed by atoms with E-state index >= 15 is 0 Å². The molecule has 0 saturated heterocycles. The number of carbonyl (C=O) groups excluding carboxylic acids is 1. The molecule has 29 heavy (non-hydrogen) atoms. The maximum Gasteiger partial charge on any atom is 0.254 e. The fourth-order valence-corrected chi connectivity index (χ4v) is 3.96. The zero-order valence-corrected chi connectivity index (χ0v) is 17.8. The molecule has 0 bridgehead atoms. The lowest BCUT2D eigenvalue weighted by atomic mass is 10.1. The van der Waals surface area contributed by atoms with Crippen LogP contribution in [0.15, 0.2) is 64.5 Å². The minimum atomic E-state index is -0.245. The van der Waals surface area contributed by atoms with Crippen LogP contribution >= 0.6 is 11.8 Å². The Morgan fingerprint density at radius 2 is 1.79 bits per heavy atom. The molecule has 0 saturated carbocycles. The molecule has 0 aliphatic carbocycles. The fraction of sp³-hybridized carbons (Fsp3) is 0.261. The molecule has 5 nitrogen and oxygen atoms in total. The maximum absolute atomic E-state index is 12.6. The largest absolute Gasteiger partial charge is 0.325 e. The number of benzene rings is 2. The summed E-state index contributed by atoms with van der Waals surface area (Å²) >= 11 is 1.49. The quantitative estimate of drug-likeness (QED) is 0.472. The highest BCUT2D eigenvalue weighted by atomic mass is 32.2. The van der Waals surface area contributed by atoms with Crippen molar-refractivity contribution in [2.24, 2.45) is 0 Å². The van der Waals surface area contributed by atoms with E-state index in [1.54, 1.807) is 6.92 Å². The molecule has 0 aliphatic rings. The highest BCUT2D eigenvalue weighted by Gasteiger charge is 2.12. The summed E-state index contributed by atoms with van der Waals surface area (Å²) in [6.07, 6.45) is 0.865. The number of aryl methyl sites for hydroxylation is 4. The van der Waals surface area contributed by atoms with Gasteiger partial charge in [-0.2, -0.15) is 0 Å². The number of aromatic nitrogens is 2. The number of rotatable bonds is 7. The third-order valence-electron chi connectivity index (χ3n) is 4.66. The van der Waals surface area contributed by atoms with Gasteiger partial charge < -0.3 is 5.32 Å². The van der Waals surface area contributed by atoms with Gasteiger partial charge in [-0.05, 0) is 56.0 Å². The summed E-state index contributed by atoms with van der Waals surface area (Å²) in [6, 6.07) is 17.4. The van der Waals surface area contributed by atoms with E-state index < -0.39 is 0 Å². The average molecular weight is 408 g/mol. The van der Waals surface area contributed by atoms with E-state index in [-0.39, 0.29) is 18.0 Å². The Bertz CT molecular complexity index is 1060. The normalized spacial score (nSPS) is 10.7. The van der Waals surface area contributed by atoms with Gasteiger partial charge in [-0.15, -0.1) is 0 Å². The summed E-state index contributed by atoms with van der Waals surface area (Å²) in [5.74, 6) is 0.532. The third kappa shape index (κ3) is 5.81. The standard InChI is InChI=1S/C23H25N3O2S/c1-16-9-10-20(13-17(16)2)25-21(27)15-26-22(28)14-18(3)24-23(26)29-12-11-19-7-5-4-6-8-19/h4-10,13-14H,11-12,15H2,1-3H3,(H,25,27). The lowest BCUT2D eigenvalue weighted by molar-refractivity contribution is -0.116. The molecule has 6 heteroatoms. The Morgan fingerprint density at radius 1 is 1.03 bits per heavy atom. The first-order valence-electron chi connectivity index (χ1n) is 9.54. The second kappa shape index (κ2) is 9.56. The van der Waals surface area contributed by atoms with Crippen LogP contribution in [0.2, 0.25) is 0 Å². The molecule has 0 aliphatic heterocycles.